The van der Waals surface area contributed by atoms with E-state index in [1.807, 2.05) is 18.2 Å². The quantitative estimate of drug-likeness (QED) is 0.905. The SMILES string of the molecule is Cc1onc(-c2ccccc2Cl)c1C(=O)NC1CCNC(C)C1. The van der Waals surface area contributed by atoms with Crippen molar-refractivity contribution in [2.45, 2.75) is 38.8 Å². The molecule has 1 aromatic heterocycles. The first-order valence-electron chi connectivity index (χ1n) is 7.81. The second kappa shape index (κ2) is 6.72. The van der Waals surface area contributed by atoms with Gasteiger partial charge in [-0.05, 0) is 39.3 Å². The lowest BCUT2D eigenvalue weighted by molar-refractivity contribution is 0.0924. The smallest absolute Gasteiger partial charge is 0.257 e. The van der Waals surface area contributed by atoms with Crippen LogP contribution in [0.5, 0.6) is 0 Å². The van der Waals surface area contributed by atoms with Crippen LogP contribution in [0.15, 0.2) is 28.8 Å². The average Bonchev–Trinajstić information content (AvgIpc) is 2.89. The molecule has 2 aromatic rings. The highest BCUT2D eigenvalue weighted by atomic mass is 35.5. The predicted octanol–water partition coefficient (Wildman–Crippen LogP) is 3.17. The molecule has 1 aliphatic heterocycles. The number of rotatable bonds is 3. The fourth-order valence-electron chi connectivity index (χ4n) is 3.00. The van der Waals surface area contributed by atoms with Crippen molar-refractivity contribution < 1.29 is 9.32 Å². The summed E-state index contributed by atoms with van der Waals surface area (Å²) in [7, 11) is 0. The Morgan fingerprint density at radius 1 is 1.43 bits per heavy atom. The summed E-state index contributed by atoms with van der Waals surface area (Å²) in [6.07, 6.45) is 1.83. The maximum atomic E-state index is 12.7. The van der Waals surface area contributed by atoms with Crippen LogP contribution in [0, 0.1) is 6.92 Å². The monoisotopic (exact) mass is 333 g/mol. The van der Waals surface area contributed by atoms with Crippen molar-refractivity contribution in [2.75, 3.05) is 6.54 Å². The van der Waals surface area contributed by atoms with Crippen LogP contribution in [0.4, 0.5) is 0 Å². The highest BCUT2D eigenvalue weighted by molar-refractivity contribution is 6.33. The largest absolute Gasteiger partial charge is 0.360 e. The predicted molar refractivity (Wildman–Crippen MR) is 89.6 cm³/mol. The van der Waals surface area contributed by atoms with E-state index in [0.29, 0.717) is 33.6 Å². The molecule has 2 unspecified atom stereocenters. The van der Waals surface area contributed by atoms with Crippen LogP contribution in [0.2, 0.25) is 5.02 Å². The van der Waals surface area contributed by atoms with Crippen LogP contribution in [-0.2, 0) is 0 Å². The summed E-state index contributed by atoms with van der Waals surface area (Å²) in [5.41, 5.74) is 1.66. The molecule has 23 heavy (non-hydrogen) atoms. The summed E-state index contributed by atoms with van der Waals surface area (Å²) in [4.78, 5) is 12.7. The number of aromatic nitrogens is 1. The number of carbonyl (C=O) groups excluding carboxylic acids is 1. The van der Waals surface area contributed by atoms with Gasteiger partial charge in [-0.3, -0.25) is 4.79 Å². The van der Waals surface area contributed by atoms with E-state index in [1.54, 1.807) is 13.0 Å². The first-order chi connectivity index (χ1) is 11.1. The van der Waals surface area contributed by atoms with Gasteiger partial charge in [0.25, 0.3) is 5.91 Å². The van der Waals surface area contributed by atoms with E-state index in [-0.39, 0.29) is 11.9 Å². The van der Waals surface area contributed by atoms with Crippen molar-refractivity contribution in [3.63, 3.8) is 0 Å². The van der Waals surface area contributed by atoms with E-state index in [4.69, 9.17) is 16.1 Å². The minimum absolute atomic E-state index is 0.155. The van der Waals surface area contributed by atoms with Gasteiger partial charge in [0.15, 0.2) is 0 Å². The van der Waals surface area contributed by atoms with Gasteiger partial charge < -0.3 is 15.2 Å². The number of hydrogen-bond acceptors (Lipinski definition) is 4. The van der Waals surface area contributed by atoms with Gasteiger partial charge in [-0.2, -0.15) is 0 Å². The lowest BCUT2D eigenvalue weighted by atomic mass is 9.99. The summed E-state index contributed by atoms with van der Waals surface area (Å²) in [5.74, 6) is 0.345. The van der Waals surface area contributed by atoms with Gasteiger partial charge in [0.2, 0.25) is 0 Å². The Kier molecular flexibility index (Phi) is 4.68. The molecular weight excluding hydrogens is 314 g/mol. The topological polar surface area (TPSA) is 67.2 Å². The molecule has 0 spiro atoms. The Hall–Kier alpha value is -1.85. The molecule has 1 fully saturated rings. The minimum Gasteiger partial charge on any atom is -0.360 e. The molecule has 2 N–H and O–H groups in total. The standard InChI is InChI=1S/C17H20ClN3O2/c1-10-9-12(7-8-19-10)20-17(22)15-11(2)23-21-16(15)13-5-3-4-6-14(13)18/h3-6,10,12,19H,7-9H2,1-2H3,(H,20,22). The molecule has 2 atom stereocenters. The number of piperidine rings is 1. The number of amides is 1. The van der Waals surface area contributed by atoms with Crippen molar-refractivity contribution in [3.8, 4) is 11.3 Å². The molecule has 122 valence electrons. The number of carbonyl (C=O) groups is 1. The van der Waals surface area contributed by atoms with E-state index >= 15 is 0 Å². The van der Waals surface area contributed by atoms with Gasteiger partial charge in [0, 0.05) is 17.6 Å². The van der Waals surface area contributed by atoms with Crippen LogP contribution < -0.4 is 10.6 Å². The summed E-state index contributed by atoms with van der Waals surface area (Å²) < 4.78 is 5.25. The van der Waals surface area contributed by atoms with Gasteiger partial charge in [-0.1, -0.05) is 35.0 Å². The number of benzene rings is 1. The number of nitrogens with one attached hydrogen (secondary N) is 2. The molecule has 5 nitrogen and oxygen atoms in total. The Balaban J connectivity index is 1.86. The third-order valence-electron chi connectivity index (χ3n) is 4.18. The highest BCUT2D eigenvalue weighted by Gasteiger charge is 2.26. The zero-order valence-corrected chi connectivity index (χ0v) is 14.0. The molecule has 0 radical (unpaired) electrons. The molecule has 0 bridgehead atoms. The van der Waals surface area contributed by atoms with Gasteiger partial charge in [-0.15, -0.1) is 0 Å². The molecule has 3 rings (SSSR count). The normalized spacial score (nSPS) is 21.2. The average molecular weight is 334 g/mol. The van der Waals surface area contributed by atoms with Crippen molar-refractivity contribution in [1.82, 2.24) is 15.8 Å². The van der Waals surface area contributed by atoms with Gasteiger partial charge in [-0.25, -0.2) is 0 Å². The second-order valence-corrected chi connectivity index (χ2v) is 6.40. The Morgan fingerprint density at radius 3 is 2.96 bits per heavy atom. The summed E-state index contributed by atoms with van der Waals surface area (Å²) in [6, 6.07) is 7.88. The van der Waals surface area contributed by atoms with Crippen LogP contribution in [0.3, 0.4) is 0 Å². The Morgan fingerprint density at radius 2 is 2.22 bits per heavy atom. The maximum absolute atomic E-state index is 12.7. The molecule has 1 amide bonds. The molecule has 0 aliphatic carbocycles. The lowest BCUT2D eigenvalue weighted by Gasteiger charge is -2.28. The zero-order valence-electron chi connectivity index (χ0n) is 13.2. The van der Waals surface area contributed by atoms with Crippen LogP contribution >= 0.6 is 11.6 Å². The van der Waals surface area contributed by atoms with Crippen molar-refractivity contribution >= 4 is 17.5 Å². The van der Waals surface area contributed by atoms with Crippen molar-refractivity contribution in [2.24, 2.45) is 0 Å². The molecular formula is C17H20ClN3O2. The molecule has 1 aromatic carbocycles. The van der Waals surface area contributed by atoms with Crippen LogP contribution in [0.1, 0.15) is 35.9 Å². The van der Waals surface area contributed by atoms with Gasteiger partial charge >= 0.3 is 0 Å². The third kappa shape index (κ3) is 3.41. The van der Waals surface area contributed by atoms with E-state index in [0.717, 1.165) is 19.4 Å². The van der Waals surface area contributed by atoms with Gasteiger partial charge in [0.1, 0.15) is 17.0 Å². The summed E-state index contributed by atoms with van der Waals surface area (Å²) in [5, 5.41) is 11.1. The first-order valence-corrected chi connectivity index (χ1v) is 8.19. The maximum Gasteiger partial charge on any atom is 0.257 e. The van der Waals surface area contributed by atoms with Crippen molar-refractivity contribution in [3.05, 3.63) is 40.6 Å². The van der Waals surface area contributed by atoms with E-state index in [9.17, 15) is 4.79 Å². The minimum atomic E-state index is -0.155. The number of aryl methyl sites for hydroxylation is 1. The molecule has 6 heteroatoms. The lowest BCUT2D eigenvalue weighted by Crippen LogP contribution is -2.46. The molecule has 2 heterocycles. The Labute approximate surface area is 140 Å². The summed E-state index contributed by atoms with van der Waals surface area (Å²) in [6.45, 7) is 4.78. The van der Waals surface area contributed by atoms with Crippen LogP contribution in [0.25, 0.3) is 11.3 Å². The second-order valence-electron chi connectivity index (χ2n) is 5.99. The van der Waals surface area contributed by atoms with Gasteiger partial charge in [0.05, 0.1) is 5.02 Å². The molecule has 1 aliphatic rings. The summed E-state index contributed by atoms with van der Waals surface area (Å²) >= 11 is 6.23. The first kappa shape index (κ1) is 16.0. The van der Waals surface area contributed by atoms with Crippen LogP contribution in [-0.4, -0.2) is 29.7 Å². The fraction of sp³-hybridized carbons (Fsp3) is 0.412. The molecule has 0 saturated carbocycles. The third-order valence-corrected chi connectivity index (χ3v) is 4.51. The highest BCUT2D eigenvalue weighted by Crippen LogP contribution is 2.31. The van der Waals surface area contributed by atoms with E-state index in [2.05, 4.69) is 22.7 Å². The Bertz CT molecular complexity index is 714. The number of nitrogens with zero attached hydrogens (tertiary/aromatic N) is 1. The zero-order chi connectivity index (χ0) is 16.4. The molecule has 1 saturated heterocycles. The number of hydrogen-bond donors (Lipinski definition) is 2. The van der Waals surface area contributed by atoms with E-state index < -0.39 is 0 Å². The number of halogens is 1. The fourth-order valence-corrected chi connectivity index (χ4v) is 3.22. The van der Waals surface area contributed by atoms with E-state index in [1.165, 1.54) is 0 Å². The van der Waals surface area contributed by atoms with Crippen molar-refractivity contribution in [1.29, 1.82) is 0 Å².